The Morgan fingerprint density at radius 3 is 2.65 bits per heavy atom. The zero-order chi connectivity index (χ0) is 12.3. The maximum atomic E-state index is 12.4. The number of amides is 1. The topological polar surface area (TPSA) is 20.3 Å². The minimum Gasteiger partial charge on any atom is -0.335 e. The van der Waals surface area contributed by atoms with Crippen LogP contribution in [0.15, 0.2) is 12.1 Å². The third-order valence-electron chi connectivity index (χ3n) is 3.40. The molecule has 1 aliphatic rings. The molecule has 0 aromatic carbocycles. The van der Waals surface area contributed by atoms with Gasteiger partial charge in [0.05, 0.1) is 9.21 Å². The van der Waals surface area contributed by atoms with Crippen LogP contribution in [0, 0.1) is 0 Å². The number of hydrogen-bond donors (Lipinski definition) is 0. The average Bonchev–Trinajstić information content (AvgIpc) is 2.78. The summed E-state index contributed by atoms with van der Waals surface area (Å²) in [6.45, 7) is 2.85. The molecule has 1 fully saturated rings. The fraction of sp³-hybridized carbons (Fsp3) is 0.615. The summed E-state index contributed by atoms with van der Waals surface area (Å²) in [6, 6.07) is 4.07. The lowest BCUT2D eigenvalue weighted by atomic mass is 9.94. The van der Waals surface area contributed by atoms with Crippen molar-refractivity contribution in [2.24, 2.45) is 0 Å². The molecule has 4 heteroatoms. The van der Waals surface area contributed by atoms with Crippen molar-refractivity contribution in [1.29, 1.82) is 0 Å². The highest BCUT2D eigenvalue weighted by molar-refractivity contribution is 7.17. The number of rotatable bonds is 3. The van der Waals surface area contributed by atoms with Crippen LogP contribution in [0.4, 0.5) is 0 Å². The largest absolute Gasteiger partial charge is 0.335 e. The van der Waals surface area contributed by atoms with Gasteiger partial charge < -0.3 is 4.90 Å². The summed E-state index contributed by atoms with van der Waals surface area (Å²) in [5.41, 5.74) is 0. The molecule has 17 heavy (non-hydrogen) atoms. The van der Waals surface area contributed by atoms with Crippen LogP contribution in [-0.2, 0) is 0 Å². The van der Waals surface area contributed by atoms with Crippen LogP contribution in [0.25, 0.3) is 0 Å². The molecule has 0 radical (unpaired) electrons. The molecule has 2 rings (SSSR count). The predicted octanol–water partition coefficient (Wildman–Crippen LogP) is 4.20. The summed E-state index contributed by atoms with van der Waals surface area (Å²) in [4.78, 5) is 15.1. The van der Waals surface area contributed by atoms with Crippen LogP contribution in [-0.4, -0.2) is 23.4 Å². The van der Waals surface area contributed by atoms with E-state index in [4.69, 9.17) is 11.6 Å². The molecular formula is C13H18ClNOS. The number of hydrogen-bond acceptors (Lipinski definition) is 2. The summed E-state index contributed by atoms with van der Waals surface area (Å²) in [5.74, 6) is 0.149. The molecule has 1 aromatic rings. The van der Waals surface area contributed by atoms with Crippen LogP contribution in [0.5, 0.6) is 0 Å². The van der Waals surface area contributed by atoms with E-state index in [0.29, 0.717) is 10.4 Å². The molecule has 1 aromatic heterocycles. The number of carbonyl (C=O) groups excluding carboxylic acids is 1. The van der Waals surface area contributed by atoms with E-state index in [0.717, 1.165) is 24.3 Å². The SMILES string of the molecule is CCN(C(=O)c1ccc(Cl)s1)C1CCCCC1. The van der Waals surface area contributed by atoms with Crippen molar-refractivity contribution in [1.82, 2.24) is 4.90 Å². The summed E-state index contributed by atoms with van der Waals surface area (Å²) >= 11 is 7.26. The zero-order valence-corrected chi connectivity index (χ0v) is 11.7. The maximum Gasteiger partial charge on any atom is 0.264 e. The van der Waals surface area contributed by atoms with Gasteiger partial charge in [0.25, 0.3) is 5.91 Å². The van der Waals surface area contributed by atoms with E-state index >= 15 is 0 Å². The number of thiophene rings is 1. The van der Waals surface area contributed by atoms with Crippen molar-refractivity contribution >= 4 is 28.8 Å². The van der Waals surface area contributed by atoms with Gasteiger partial charge in [-0.25, -0.2) is 0 Å². The molecule has 94 valence electrons. The van der Waals surface area contributed by atoms with E-state index in [-0.39, 0.29) is 5.91 Å². The van der Waals surface area contributed by atoms with Crippen molar-refractivity contribution in [2.45, 2.75) is 45.1 Å². The molecule has 1 amide bonds. The first-order valence-electron chi connectivity index (χ1n) is 6.28. The van der Waals surface area contributed by atoms with Crippen LogP contribution < -0.4 is 0 Å². The van der Waals surface area contributed by atoms with E-state index in [9.17, 15) is 4.79 Å². The Balaban J connectivity index is 2.09. The minimum absolute atomic E-state index is 0.149. The summed E-state index contributed by atoms with van der Waals surface area (Å²) in [5, 5.41) is 0. The molecule has 0 aliphatic heterocycles. The third-order valence-corrected chi connectivity index (χ3v) is 4.62. The monoisotopic (exact) mass is 271 g/mol. The Kier molecular flexibility index (Phi) is 4.46. The average molecular weight is 272 g/mol. The van der Waals surface area contributed by atoms with E-state index in [1.54, 1.807) is 6.07 Å². The lowest BCUT2D eigenvalue weighted by molar-refractivity contribution is 0.0653. The molecule has 2 nitrogen and oxygen atoms in total. The molecule has 1 aliphatic carbocycles. The summed E-state index contributed by atoms with van der Waals surface area (Å²) in [7, 11) is 0. The van der Waals surface area contributed by atoms with Gasteiger partial charge in [0.1, 0.15) is 0 Å². The maximum absolute atomic E-state index is 12.4. The second kappa shape index (κ2) is 5.87. The number of nitrogens with zero attached hydrogens (tertiary/aromatic N) is 1. The molecule has 0 N–H and O–H groups in total. The van der Waals surface area contributed by atoms with Gasteiger partial charge in [0, 0.05) is 12.6 Å². The van der Waals surface area contributed by atoms with E-state index in [1.807, 2.05) is 11.0 Å². The van der Waals surface area contributed by atoms with Crippen LogP contribution in [0.3, 0.4) is 0 Å². The fourth-order valence-electron chi connectivity index (χ4n) is 2.53. The minimum atomic E-state index is 0.149. The van der Waals surface area contributed by atoms with E-state index in [1.165, 1.54) is 30.6 Å². The molecular weight excluding hydrogens is 254 g/mol. The Bertz CT molecular complexity index is 385. The smallest absolute Gasteiger partial charge is 0.264 e. The fourth-order valence-corrected chi connectivity index (χ4v) is 3.53. The van der Waals surface area contributed by atoms with Crippen molar-refractivity contribution in [3.8, 4) is 0 Å². The van der Waals surface area contributed by atoms with Crippen LogP contribution >= 0.6 is 22.9 Å². The highest BCUT2D eigenvalue weighted by Gasteiger charge is 2.25. The van der Waals surface area contributed by atoms with E-state index < -0.39 is 0 Å². The first kappa shape index (κ1) is 12.9. The molecule has 0 bridgehead atoms. The standard InChI is InChI=1S/C13H18ClNOS/c1-2-15(10-6-4-3-5-7-10)13(16)11-8-9-12(14)17-11/h8-10H,2-7H2,1H3. The molecule has 0 unspecified atom stereocenters. The van der Waals surface area contributed by atoms with Crippen LogP contribution in [0.2, 0.25) is 4.34 Å². The van der Waals surface area contributed by atoms with Crippen molar-refractivity contribution in [2.75, 3.05) is 6.54 Å². The summed E-state index contributed by atoms with van der Waals surface area (Å²) in [6.07, 6.45) is 6.11. The highest BCUT2D eigenvalue weighted by atomic mass is 35.5. The zero-order valence-electron chi connectivity index (χ0n) is 10.1. The molecule has 0 saturated heterocycles. The first-order chi connectivity index (χ1) is 8.22. The van der Waals surface area contributed by atoms with Gasteiger partial charge in [-0.15, -0.1) is 11.3 Å². The molecule has 0 atom stereocenters. The second-order valence-corrected chi connectivity index (χ2v) is 6.20. The molecule has 1 heterocycles. The van der Waals surface area contributed by atoms with Gasteiger partial charge in [0.15, 0.2) is 0 Å². The van der Waals surface area contributed by atoms with Gasteiger partial charge in [0.2, 0.25) is 0 Å². The Labute approximate surface area is 112 Å². The molecule has 0 spiro atoms. The summed E-state index contributed by atoms with van der Waals surface area (Å²) < 4.78 is 0.688. The van der Waals surface area contributed by atoms with Crippen LogP contribution in [0.1, 0.15) is 48.7 Å². The van der Waals surface area contributed by atoms with Gasteiger partial charge in [-0.1, -0.05) is 30.9 Å². The number of halogens is 1. The number of carbonyl (C=O) groups is 1. The highest BCUT2D eigenvalue weighted by Crippen LogP contribution is 2.27. The van der Waals surface area contributed by atoms with Gasteiger partial charge in [-0.05, 0) is 31.9 Å². The van der Waals surface area contributed by atoms with Crippen molar-refractivity contribution in [3.63, 3.8) is 0 Å². The van der Waals surface area contributed by atoms with Gasteiger partial charge >= 0.3 is 0 Å². The lowest BCUT2D eigenvalue weighted by Gasteiger charge is -2.33. The van der Waals surface area contributed by atoms with E-state index in [2.05, 4.69) is 6.92 Å². The predicted molar refractivity (Wildman–Crippen MR) is 72.9 cm³/mol. The quantitative estimate of drug-likeness (QED) is 0.807. The van der Waals surface area contributed by atoms with Gasteiger partial charge in [-0.2, -0.15) is 0 Å². The van der Waals surface area contributed by atoms with Crippen molar-refractivity contribution in [3.05, 3.63) is 21.3 Å². The Morgan fingerprint density at radius 2 is 2.12 bits per heavy atom. The second-order valence-electron chi connectivity index (χ2n) is 4.49. The van der Waals surface area contributed by atoms with Gasteiger partial charge in [-0.3, -0.25) is 4.79 Å². The van der Waals surface area contributed by atoms with Crippen molar-refractivity contribution < 1.29 is 4.79 Å². The Hall–Kier alpha value is -0.540. The lowest BCUT2D eigenvalue weighted by Crippen LogP contribution is -2.40. The normalized spacial score (nSPS) is 17.1. The third kappa shape index (κ3) is 3.02. The first-order valence-corrected chi connectivity index (χ1v) is 7.48. The molecule has 1 saturated carbocycles. The Morgan fingerprint density at radius 1 is 1.41 bits per heavy atom.